The Hall–Kier alpha value is -1.09. The van der Waals surface area contributed by atoms with Crippen molar-refractivity contribution in [3.63, 3.8) is 0 Å². The number of benzene rings is 1. The highest BCUT2D eigenvalue weighted by Gasteiger charge is 2.16. The molecule has 0 fully saturated rings. The van der Waals surface area contributed by atoms with E-state index in [4.69, 9.17) is 0 Å². The molecule has 0 amide bonds. The van der Waals surface area contributed by atoms with Crippen molar-refractivity contribution in [2.45, 2.75) is 24.6 Å². The van der Waals surface area contributed by atoms with Crippen LogP contribution in [0.5, 0.6) is 0 Å². The molecule has 96 valence electrons. The molecule has 0 N–H and O–H groups in total. The van der Waals surface area contributed by atoms with Gasteiger partial charge in [0.15, 0.2) is 0 Å². The Morgan fingerprint density at radius 1 is 1.22 bits per heavy atom. The van der Waals surface area contributed by atoms with Crippen molar-refractivity contribution in [1.82, 2.24) is 9.78 Å². The Labute approximate surface area is 117 Å². The molecular formula is C15H19BrN2. The first kappa shape index (κ1) is 13.3. The lowest BCUT2D eigenvalue weighted by molar-refractivity contribution is 0.514. The number of hydrogen-bond donors (Lipinski definition) is 0. The van der Waals surface area contributed by atoms with Crippen molar-refractivity contribution in [3.8, 4) is 0 Å². The average molecular weight is 307 g/mol. The normalized spacial score (nSPS) is 14.4. The van der Waals surface area contributed by atoms with Crippen molar-refractivity contribution in [3.05, 3.63) is 53.9 Å². The predicted octanol–water partition coefficient (Wildman–Crippen LogP) is 4.13. The molecule has 1 aromatic heterocycles. The van der Waals surface area contributed by atoms with Gasteiger partial charge in [0.1, 0.15) is 0 Å². The lowest BCUT2D eigenvalue weighted by atomic mass is 9.96. The molecule has 0 spiro atoms. The van der Waals surface area contributed by atoms with E-state index in [0.29, 0.717) is 10.7 Å². The molecule has 0 aliphatic rings. The Bertz CT molecular complexity index is 478. The van der Waals surface area contributed by atoms with Crippen LogP contribution in [0.4, 0.5) is 0 Å². The molecule has 0 saturated carbocycles. The number of aromatic nitrogens is 2. The zero-order chi connectivity index (χ0) is 13.0. The van der Waals surface area contributed by atoms with Crippen LogP contribution < -0.4 is 0 Å². The van der Waals surface area contributed by atoms with Gasteiger partial charge in [0, 0.05) is 23.8 Å². The smallest absolute Gasteiger partial charge is 0.0492 e. The molecule has 2 atom stereocenters. The Balaban J connectivity index is 1.92. The van der Waals surface area contributed by atoms with Crippen LogP contribution in [0.2, 0.25) is 0 Å². The molecule has 3 heteroatoms. The fourth-order valence-electron chi connectivity index (χ4n) is 2.13. The van der Waals surface area contributed by atoms with Crippen LogP contribution in [0.1, 0.15) is 29.4 Å². The minimum Gasteiger partial charge on any atom is -0.273 e. The SMILES string of the molecule is CC(CCc1ccnn1C)C(Br)c1ccccc1. The number of alkyl halides is 1. The monoisotopic (exact) mass is 306 g/mol. The Morgan fingerprint density at radius 3 is 2.56 bits per heavy atom. The van der Waals surface area contributed by atoms with E-state index in [1.54, 1.807) is 0 Å². The van der Waals surface area contributed by atoms with Gasteiger partial charge in [-0.05, 0) is 30.4 Å². The molecule has 0 aliphatic heterocycles. The van der Waals surface area contributed by atoms with Crippen LogP contribution in [0.15, 0.2) is 42.6 Å². The molecule has 0 aliphatic carbocycles. The van der Waals surface area contributed by atoms with Crippen LogP contribution in [-0.4, -0.2) is 9.78 Å². The molecule has 1 aromatic carbocycles. The molecule has 0 saturated heterocycles. The van der Waals surface area contributed by atoms with Crippen molar-refractivity contribution in [1.29, 1.82) is 0 Å². The highest BCUT2D eigenvalue weighted by Crippen LogP contribution is 2.33. The summed E-state index contributed by atoms with van der Waals surface area (Å²) < 4.78 is 1.96. The Morgan fingerprint density at radius 2 is 1.94 bits per heavy atom. The summed E-state index contributed by atoms with van der Waals surface area (Å²) in [6, 6.07) is 12.7. The molecule has 2 rings (SSSR count). The van der Waals surface area contributed by atoms with E-state index in [9.17, 15) is 0 Å². The second-order valence-electron chi connectivity index (χ2n) is 4.77. The van der Waals surface area contributed by atoms with Gasteiger partial charge in [-0.3, -0.25) is 4.68 Å². The zero-order valence-electron chi connectivity index (χ0n) is 10.9. The van der Waals surface area contributed by atoms with E-state index in [0.717, 1.165) is 12.8 Å². The number of hydrogen-bond acceptors (Lipinski definition) is 1. The van der Waals surface area contributed by atoms with E-state index in [-0.39, 0.29) is 0 Å². The van der Waals surface area contributed by atoms with E-state index < -0.39 is 0 Å². The summed E-state index contributed by atoms with van der Waals surface area (Å²) in [7, 11) is 2.00. The fourth-order valence-corrected chi connectivity index (χ4v) is 2.70. The largest absolute Gasteiger partial charge is 0.273 e. The van der Waals surface area contributed by atoms with Crippen LogP contribution in [0, 0.1) is 5.92 Å². The van der Waals surface area contributed by atoms with Gasteiger partial charge in [-0.2, -0.15) is 5.10 Å². The molecule has 18 heavy (non-hydrogen) atoms. The second-order valence-corrected chi connectivity index (χ2v) is 5.76. The minimum atomic E-state index is 0.423. The highest BCUT2D eigenvalue weighted by atomic mass is 79.9. The number of nitrogens with zero attached hydrogens (tertiary/aromatic N) is 2. The van der Waals surface area contributed by atoms with Gasteiger partial charge in [-0.1, -0.05) is 53.2 Å². The maximum absolute atomic E-state index is 4.20. The minimum absolute atomic E-state index is 0.423. The summed E-state index contributed by atoms with van der Waals surface area (Å²) in [6.45, 7) is 2.29. The maximum Gasteiger partial charge on any atom is 0.0492 e. The van der Waals surface area contributed by atoms with Gasteiger partial charge in [0.25, 0.3) is 0 Å². The standard InChI is InChI=1S/C15H19BrN2/c1-12(8-9-14-10-11-17-18(14)2)15(16)13-6-4-3-5-7-13/h3-7,10-12,15H,8-9H2,1-2H3. The van der Waals surface area contributed by atoms with Crippen molar-refractivity contribution in [2.75, 3.05) is 0 Å². The van der Waals surface area contributed by atoms with Crippen LogP contribution >= 0.6 is 15.9 Å². The summed E-state index contributed by atoms with van der Waals surface area (Å²) >= 11 is 3.81. The van der Waals surface area contributed by atoms with Crippen LogP contribution in [0.3, 0.4) is 0 Å². The summed E-state index contributed by atoms with van der Waals surface area (Å²) in [5, 5.41) is 4.20. The molecule has 2 unspecified atom stereocenters. The summed E-state index contributed by atoms with van der Waals surface area (Å²) in [5.74, 6) is 0.599. The number of halogens is 1. The van der Waals surface area contributed by atoms with Gasteiger partial charge in [0.05, 0.1) is 0 Å². The van der Waals surface area contributed by atoms with Crippen molar-refractivity contribution in [2.24, 2.45) is 13.0 Å². The van der Waals surface area contributed by atoms with Crippen LogP contribution in [0.25, 0.3) is 0 Å². The summed E-state index contributed by atoms with van der Waals surface area (Å²) in [5.41, 5.74) is 2.66. The molecule has 0 radical (unpaired) electrons. The summed E-state index contributed by atoms with van der Waals surface area (Å²) in [4.78, 5) is 0.423. The fraction of sp³-hybridized carbons (Fsp3) is 0.400. The van der Waals surface area contributed by atoms with Gasteiger partial charge in [-0.15, -0.1) is 0 Å². The summed E-state index contributed by atoms with van der Waals surface area (Å²) in [6.07, 6.45) is 4.10. The third-order valence-electron chi connectivity index (χ3n) is 3.40. The molecule has 2 aromatic rings. The quantitative estimate of drug-likeness (QED) is 0.760. The zero-order valence-corrected chi connectivity index (χ0v) is 12.5. The van der Waals surface area contributed by atoms with Gasteiger partial charge in [-0.25, -0.2) is 0 Å². The first-order valence-corrected chi connectivity index (χ1v) is 7.26. The maximum atomic E-state index is 4.20. The second kappa shape index (κ2) is 6.19. The average Bonchev–Trinajstić information content (AvgIpc) is 2.81. The van der Waals surface area contributed by atoms with Crippen molar-refractivity contribution >= 4 is 15.9 Å². The van der Waals surface area contributed by atoms with Gasteiger partial charge in [0.2, 0.25) is 0 Å². The molecule has 0 bridgehead atoms. The predicted molar refractivity (Wildman–Crippen MR) is 78.8 cm³/mol. The first-order valence-electron chi connectivity index (χ1n) is 6.34. The van der Waals surface area contributed by atoms with E-state index in [1.165, 1.54) is 11.3 Å². The lowest BCUT2D eigenvalue weighted by Gasteiger charge is -2.18. The van der Waals surface area contributed by atoms with E-state index in [1.807, 2.05) is 17.9 Å². The number of aryl methyl sites for hydroxylation is 2. The Kier molecular flexibility index (Phi) is 4.59. The topological polar surface area (TPSA) is 17.8 Å². The highest BCUT2D eigenvalue weighted by molar-refractivity contribution is 9.09. The first-order chi connectivity index (χ1) is 8.68. The molecule has 2 nitrogen and oxygen atoms in total. The molecule has 1 heterocycles. The van der Waals surface area contributed by atoms with Crippen molar-refractivity contribution < 1.29 is 0 Å². The third kappa shape index (κ3) is 3.22. The molecular weight excluding hydrogens is 288 g/mol. The third-order valence-corrected chi connectivity index (χ3v) is 4.83. The van der Waals surface area contributed by atoms with Gasteiger partial charge >= 0.3 is 0 Å². The van der Waals surface area contributed by atoms with E-state index in [2.05, 4.69) is 64.4 Å². The lowest BCUT2D eigenvalue weighted by Crippen LogP contribution is -2.07. The number of rotatable bonds is 5. The van der Waals surface area contributed by atoms with E-state index >= 15 is 0 Å². The van der Waals surface area contributed by atoms with Gasteiger partial charge < -0.3 is 0 Å². The van der Waals surface area contributed by atoms with Crippen LogP contribution in [-0.2, 0) is 13.5 Å².